The number of fused-ring (bicyclic) bond motifs is 1. The van der Waals surface area contributed by atoms with Gasteiger partial charge in [-0.2, -0.15) is 0 Å². The molecule has 0 aliphatic heterocycles. The van der Waals surface area contributed by atoms with E-state index in [9.17, 15) is 0 Å². The molecule has 78 valence electrons. The Kier molecular flexibility index (Phi) is 2.82. The Morgan fingerprint density at radius 1 is 1.53 bits per heavy atom. The van der Waals surface area contributed by atoms with Crippen molar-refractivity contribution in [3.05, 3.63) is 35.9 Å². The number of benzene rings is 1. The van der Waals surface area contributed by atoms with Gasteiger partial charge in [-0.05, 0) is 31.5 Å². The van der Waals surface area contributed by atoms with Crippen LogP contribution in [0.25, 0.3) is 11.0 Å². The number of nitrogens with zero attached hydrogens (tertiary/aromatic N) is 1. The molecule has 2 aromatic rings. The third kappa shape index (κ3) is 2.42. The van der Waals surface area contributed by atoms with Gasteiger partial charge < -0.3 is 4.98 Å². The number of rotatable bonds is 3. The predicted molar refractivity (Wildman–Crippen MR) is 66.4 cm³/mol. The Morgan fingerprint density at radius 3 is 3.07 bits per heavy atom. The predicted octanol–water partition coefficient (Wildman–Crippen LogP) is 3.54. The zero-order chi connectivity index (χ0) is 10.8. The number of imidazole rings is 1. The fourth-order valence-corrected chi connectivity index (χ4v) is 2.09. The van der Waals surface area contributed by atoms with Crippen molar-refractivity contribution in [1.82, 2.24) is 9.97 Å². The molecular weight excluding hydrogens is 204 g/mol. The summed E-state index contributed by atoms with van der Waals surface area (Å²) in [7, 11) is 0. The maximum Gasteiger partial charge on any atom is 0.166 e. The number of aromatic amines is 1. The molecule has 0 fully saturated rings. The topological polar surface area (TPSA) is 28.7 Å². The van der Waals surface area contributed by atoms with Crippen molar-refractivity contribution in [3.63, 3.8) is 0 Å². The lowest BCUT2D eigenvalue weighted by Gasteiger charge is -1.94. The summed E-state index contributed by atoms with van der Waals surface area (Å²) in [6, 6.07) is 6.25. The van der Waals surface area contributed by atoms with Crippen LogP contribution in [0.5, 0.6) is 0 Å². The van der Waals surface area contributed by atoms with Crippen LogP contribution in [0.3, 0.4) is 0 Å². The van der Waals surface area contributed by atoms with Gasteiger partial charge in [-0.3, -0.25) is 0 Å². The number of thioether (sulfide) groups is 1. The lowest BCUT2D eigenvalue weighted by atomic mass is 10.2. The minimum atomic E-state index is 0.915. The number of H-pyrrole nitrogens is 1. The van der Waals surface area contributed by atoms with Gasteiger partial charge in [0.15, 0.2) is 5.16 Å². The second kappa shape index (κ2) is 4.11. The molecule has 0 spiro atoms. The third-order valence-corrected chi connectivity index (χ3v) is 3.17. The lowest BCUT2D eigenvalue weighted by Crippen LogP contribution is -1.80. The average Bonchev–Trinajstić information content (AvgIpc) is 2.56. The number of aromatic nitrogens is 2. The van der Waals surface area contributed by atoms with E-state index in [1.54, 1.807) is 11.8 Å². The van der Waals surface area contributed by atoms with E-state index in [2.05, 4.69) is 35.6 Å². The first-order valence-electron chi connectivity index (χ1n) is 4.89. The van der Waals surface area contributed by atoms with E-state index in [0.717, 1.165) is 27.5 Å². The van der Waals surface area contributed by atoms with Crippen LogP contribution in [-0.4, -0.2) is 15.7 Å². The van der Waals surface area contributed by atoms with Crippen LogP contribution < -0.4 is 0 Å². The normalized spacial score (nSPS) is 10.8. The summed E-state index contributed by atoms with van der Waals surface area (Å²) in [4.78, 5) is 7.79. The van der Waals surface area contributed by atoms with E-state index < -0.39 is 0 Å². The highest BCUT2D eigenvalue weighted by atomic mass is 32.2. The first-order valence-corrected chi connectivity index (χ1v) is 5.87. The number of hydrogen-bond acceptors (Lipinski definition) is 2. The highest BCUT2D eigenvalue weighted by Crippen LogP contribution is 2.21. The van der Waals surface area contributed by atoms with Crippen LogP contribution >= 0.6 is 11.8 Å². The minimum absolute atomic E-state index is 0.915. The zero-order valence-corrected chi connectivity index (χ0v) is 9.82. The summed E-state index contributed by atoms with van der Waals surface area (Å²) in [5.41, 5.74) is 4.56. The van der Waals surface area contributed by atoms with Gasteiger partial charge in [0.25, 0.3) is 0 Å². The van der Waals surface area contributed by atoms with Crippen LogP contribution in [0, 0.1) is 6.92 Å². The van der Waals surface area contributed by atoms with E-state index in [1.165, 1.54) is 5.56 Å². The second-order valence-electron chi connectivity index (χ2n) is 3.81. The molecule has 0 atom stereocenters. The van der Waals surface area contributed by atoms with Crippen LogP contribution in [0.2, 0.25) is 0 Å². The monoisotopic (exact) mass is 218 g/mol. The van der Waals surface area contributed by atoms with Gasteiger partial charge >= 0.3 is 0 Å². The van der Waals surface area contributed by atoms with Gasteiger partial charge in [0.2, 0.25) is 0 Å². The van der Waals surface area contributed by atoms with Gasteiger partial charge in [-0.25, -0.2) is 4.98 Å². The van der Waals surface area contributed by atoms with E-state index in [-0.39, 0.29) is 0 Å². The van der Waals surface area contributed by atoms with Crippen molar-refractivity contribution in [1.29, 1.82) is 0 Å². The molecule has 1 aromatic heterocycles. The molecule has 0 amide bonds. The van der Waals surface area contributed by atoms with Gasteiger partial charge in [-0.1, -0.05) is 30.0 Å². The van der Waals surface area contributed by atoms with E-state index in [1.807, 2.05) is 13.0 Å². The highest BCUT2D eigenvalue weighted by molar-refractivity contribution is 7.99. The Hall–Kier alpha value is -1.22. The number of hydrogen-bond donors (Lipinski definition) is 1. The maximum absolute atomic E-state index is 4.49. The van der Waals surface area contributed by atoms with Crippen LogP contribution in [0.4, 0.5) is 0 Å². The zero-order valence-electron chi connectivity index (χ0n) is 9.00. The highest BCUT2D eigenvalue weighted by Gasteiger charge is 2.02. The molecular formula is C12H14N2S. The average molecular weight is 218 g/mol. The summed E-state index contributed by atoms with van der Waals surface area (Å²) < 4.78 is 0. The fourth-order valence-electron chi connectivity index (χ4n) is 1.36. The third-order valence-electron chi connectivity index (χ3n) is 2.07. The van der Waals surface area contributed by atoms with Gasteiger partial charge in [0.1, 0.15) is 0 Å². The Morgan fingerprint density at radius 2 is 2.33 bits per heavy atom. The van der Waals surface area contributed by atoms with Crippen molar-refractivity contribution in [2.45, 2.75) is 19.0 Å². The summed E-state index contributed by atoms with van der Waals surface area (Å²) in [6.45, 7) is 7.99. The van der Waals surface area contributed by atoms with E-state index in [0.29, 0.717) is 0 Å². The number of nitrogens with one attached hydrogen (secondary N) is 1. The first kappa shape index (κ1) is 10.3. The molecule has 0 saturated heterocycles. The Labute approximate surface area is 93.8 Å². The van der Waals surface area contributed by atoms with Gasteiger partial charge in [0, 0.05) is 5.75 Å². The smallest absolute Gasteiger partial charge is 0.166 e. The molecule has 2 nitrogen and oxygen atoms in total. The summed E-state index contributed by atoms with van der Waals surface area (Å²) in [5.74, 6) is 0.915. The van der Waals surface area contributed by atoms with Crippen LogP contribution in [-0.2, 0) is 0 Å². The number of aryl methyl sites for hydroxylation is 1. The van der Waals surface area contributed by atoms with E-state index >= 15 is 0 Å². The Balaban J connectivity index is 2.27. The molecule has 0 unspecified atom stereocenters. The summed E-state index contributed by atoms with van der Waals surface area (Å²) in [6.07, 6.45) is 0. The van der Waals surface area contributed by atoms with Crippen molar-refractivity contribution >= 4 is 22.8 Å². The molecule has 0 bridgehead atoms. The molecule has 2 rings (SSSR count). The van der Waals surface area contributed by atoms with Gasteiger partial charge in [-0.15, -0.1) is 0 Å². The minimum Gasteiger partial charge on any atom is -0.333 e. The Bertz CT molecular complexity index is 499. The molecule has 0 aliphatic carbocycles. The maximum atomic E-state index is 4.49. The van der Waals surface area contributed by atoms with Crippen molar-refractivity contribution in [2.24, 2.45) is 0 Å². The van der Waals surface area contributed by atoms with Crippen molar-refractivity contribution in [3.8, 4) is 0 Å². The molecule has 0 radical (unpaired) electrons. The van der Waals surface area contributed by atoms with Gasteiger partial charge in [0.05, 0.1) is 11.0 Å². The quantitative estimate of drug-likeness (QED) is 0.630. The standard InChI is InChI=1S/C12H14N2S/c1-8(2)7-15-12-13-10-5-4-9(3)6-11(10)14-12/h4-6H,1,7H2,2-3H3,(H,13,14). The summed E-state index contributed by atoms with van der Waals surface area (Å²) in [5, 5.41) is 0.971. The fraction of sp³-hybridized carbons (Fsp3) is 0.250. The lowest BCUT2D eigenvalue weighted by molar-refractivity contribution is 1.08. The summed E-state index contributed by atoms with van der Waals surface area (Å²) >= 11 is 1.69. The van der Waals surface area contributed by atoms with E-state index in [4.69, 9.17) is 0 Å². The molecule has 0 aliphatic rings. The molecule has 1 N–H and O–H groups in total. The molecule has 1 heterocycles. The molecule has 3 heteroatoms. The first-order chi connectivity index (χ1) is 7.15. The molecule has 15 heavy (non-hydrogen) atoms. The van der Waals surface area contributed by atoms with Crippen LogP contribution in [0.15, 0.2) is 35.5 Å². The SMILES string of the molecule is C=C(C)CSc1nc2ccc(C)cc2[nH]1. The van der Waals surface area contributed by atoms with Crippen LogP contribution in [0.1, 0.15) is 12.5 Å². The second-order valence-corrected chi connectivity index (χ2v) is 4.77. The van der Waals surface area contributed by atoms with Crippen molar-refractivity contribution in [2.75, 3.05) is 5.75 Å². The van der Waals surface area contributed by atoms with Crippen molar-refractivity contribution < 1.29 is 0 Å². The molecule has 0 saturated carbocycles. The largest absolute Gasteiger partial charge is 0.333 e. The molecule has 1 aromatic carbocycles.